The number of benzene rings is 2. The van der Waals surface area contributed by atoms with Crippen LogP contribution >= 0.6 is 0 Å². The lowest BCUT2D eigenvalue weighted by Gasteiger charge is -2.09. The van der Waals surface area contributed by atoms with Gasteiger partial charge in [0.05, 0.1) is 5.56 Å². The summed E-state index contributed by atoms with van der Waals surface area (Å²) >= 11 is 0. The summed E-state index contributed by atoms with van der Waals surface area (Å²) in [7, 11) is 0. The van der Waals surface area contributed by atoms with E-state index in [-0.39, 0.29) is 5.69 Å². The molecule has 0 saturated carbocycles. The molecule has 0 spiro atoms. The summed E-state index contributed by atoms with van der Waals surface area (Å²) in [4.78, 5) is 33.7. The van der Waals surface area contributed by atoms with Crippen LogP contribution in [0.25, 0.3) is 0 Å². The Morgan fingerprint density at radius 2 is 1.59 bits per heavy atom. The van der Waals surface area contributed by atoms with Crippen LogP contribution < -0.4 is 10.1 Å². The molecule has 9 heteroatoms. The van der Waals surface area contributed by atoms with Crippen LogP contribution in [0.15, 0.2) is 48.5 Å². The summed E-state index contributed by atoms with van der Waals surface area (Å²) in [6.07, 6.45) is -3.81. The van der Waals surface area contributed by atoms with Gasteiger partial charge in [-0.1, -0.05) is 0 Å². The molecule has 2 rings (SSSR count). The second-order valence-corrected chi connectivity index (χ2v) is 5.26. The number of hydrogen-bond acceptors (Lipinski definition) is 5. The average Bonchev–Trinajstić information content (AvgIpc) is 2.65. The second-order valence-electron chi connectivity index (χ2n) is 5.26. The molecule has 0 aliphatic carbocycles. The number of halogens is 3. The van der Waals surface area contributed by atoms with Gasteiger partial charge in [-0.25, -0.2) is 4.79 Å². The van der Waals surface area contributed by atoms with E-state index in [1.54, 1.807) is 0 Å². The molecule has 0 aliphatic heterocycles. The van der Waals surface area contributed by atoms with E-state index < -0.39 is 36.8 Å². The van der Waals surface area contributed by atoms with Crippen molar-refractivity contribution in [3.63, 3.8) is 0 Å². The predicted molar refractivity (Wildman–Crippen MR) is 88.4 cm³/mol. The third-order valence-electron chi connectivity index (χ3n) is 3.23. The van der Waals surface area contributed by atoms with E-state index in [9.17, 15) is 27.6 Å². The van der Waals surface area contributed by atoms with Gasteiger partial charge in [0, 0.05) is 11.3 Å². The Balaban J connectivity index is 1.74. The molecule has 2 aromatic carbocycles. The third-order valence-corrected chi connectivity index (χ3v) is 3.23. The second kappa shape index (κ2) is 8.84. The number of anilines is 1. The van der Waals surface area contributed by atoms with Crippen LogP contribution in [0.5, 0.6) is 5.75 Å². The molecule has 6 nitrogen and oxygen atoms in total. The van der Waals surface area contributed by atoms with E-state index in [2.05, 4.69) is 5.32 Å². The Bertz CT molecular complexity index is 801. The van der Waals surface area contributed by atoms with Crippen molar-refractivity contribution in [1.82, 2.24) is 0 Å². The lowest BCUT2D eigenvalue weighted by Crippen LogP contribution is -2.23. The van der Waals surface area contributed by atoms with Crippen LogP contribution in [0.3, 0.4) is 0 Å². The monoisotopic (exact) mass is 381 g/mol. The van der Waals surface area contributed by atoms with Crippen molar-refractivity contribution in [2.45, 2.75) is 6.18 Å². The van der Waals surface area contributed by atoms with E-state index in [1.807, 2.05) is 0 Å². The number of amides is 1. The summed E-state index contributed by atoms with van der Waals surface area (Å²) in [5.74, 6) is -1.18. The number of carbonyl (C=O) groups excluding carboxylic acids is 3. The highest BCUT2D eigenvalue weighted by atomic mass is 19.4. The molecule has 0 bridgehead atoms. The van der Waals surface area contributed by atoms with E-state index in [0.29, 0.717) is 17.6 Å². The molecule has 0 saturated heterocycles. The fourth-order valence-corrected chi connectivity index (χ4v) is 1.91. The molecule has 0 unspecified atom stereocenters. The molecule has 0 aromatic heterocycles. The Kier molecular flexibility index (Phi) is 6.53. The first kappa shape index (κ1) is 20.0. The summed E-state index contributed by atoms with van der Waals surface area (Å²) in [6.45, 7) is -1.07. The van der Waals surface area contributed by atoms with E-state index in [1.165, 1.54) is 24.3 Å². The Labute approximate surface area is 151 Å². The van der Waals surface area contributed by atoms with Crippen LogP contribution in [0.4, 0.5) is 18.9 Å². The van der Waals surface area contributed by atoms with Crippen molar-refractivity contribution in [3.05, 3.63) is 59.7 Å². The molecule has 0 heterocycles. The molecule has 1 N–H and O–H groups in total. The molecule has 0 atom stereocenters. The van der Waals surface area contributed by atoms with Gasteiger partial charge in [0.1, 0.15) is 12.0 Å². The van der Waals surface area contributed by atoms with E-state index >= 15 is 0 Å². The number of nitrogens with one attached hydrogen (secondary N) is 1. The zero-order valence-electron chi connectivity index (χ0n) is 13.8. The SMILES string of the molecule is O=Cc1ccc(OCC(=O)OCC(=O)Nc2ccc(C(F)(F)F)cc2)cc1. The first-order chi connectivity index (χ1) is 12.8. The van der Waals surface area contributed by atoms with Crippen molar-refractivity contribution < 1.29 is 37.0 Å². The topological polar surface area (TPSA) is 81.7 Å². The van der Waals surface area contributed by atoms with Crippen molar-refractivity contribution in [2.75, 3.05) is 18.5 Å². The van der Waals surface area contributed by atoms with Gasteiger partial charge in [-0.2, -0.15) is 13.2 Å². The standard InChI is InChI=1S/C18H14F3NO5/c19-18(20,21)13-3-5-14(6-4-13)22-16(24)10-27-17(25)11-26-15-7-1-12(9-23)2-8-15/h1-9H,10-11H2,(H,22,24). The number of aldehydes is 1. The predicted octanol–water partition coefficient (Wildman–Crippen LogP) is 3.08. The van der Waals surface area contributed by atoms with Crippen LogP contribution in [0.2, 0.25) is 0 Å². The highest BCUT2D eigenvalue weighted by molar-refractivity contribution is 5.92. The molecular weight excluding hydrogens is 367 g/mol. The fourth-order valence-electron chi connectivity index (χ4n) is 1.91. The molecule has 0 fully saturated rings. The first-order valence-corrected chi connectivity index (χ1v) is 7.59. The van der Waals surface area contributed by atoms with E-state index in [4.69, 9.17) is 9.47 Å². The summed E-state index contributed by atoms with van der Waals surface area (Å²) in [5, 5.41) is 2.31. The highest BCUT2D eigenvalue weighted by Crippen LogP contribution is 2.29. The van der Waals surface area contributed by atoms with Gasteiger partial charge in [-0.15, -0.1) is 0 Å². The van der Waals surface area contributed by atoms with Gasteiger partial charge in [-0.05, 0) is 48.5 Å². The average molecular weight is 381 g/mol. The maximum atomic E-state index is 12.5. The summed E-state index contributed by atoms with van der Waals surface area (Å²) in [5.41, 5.74) is -0.259. The number of hydrogen-bond donors (Lipinski definition) is 1. The normalized spacial score (nSPS) is 10.8. The highest BCUT2D eigenvalue weighted by Gasteiger charge is 2.29. The Morgan fingerprint density at radius 3 is 2.15 bits per heavy atom. The first-order valence-electron chi connectivity index (χ1n) is 7.59. The smallest absolute Gasteiger partial charge is 0.416 e. The number of rotatable bonds is 7. The molecule has 0 aliphatic rings. The minimum atomic E-state index is -4.47. The molecule has 0 radical (unpaired) electrons. The fraction of sp³-hybridized carbons (Fsp3) is 0.167. The van der Waals surface area contributed by atoms with Crippen LogP contribution in [0.1, 0.15) is 15.9 Å². The summed E-state index contributed by atoms with van der Waals surface area (Å²) < 4.78 is 47.2. The van der Waals surface area contributed by atoms with Crippen molar-refractivity contribution in [3.8, 4) is 5.75 Å². The Hall–Kier alpha value is -3.36. The minimum Gasteiger partial charge on any atom is -0.482 e. The molecule has 142 valence electrons. The molecular formula is C18H14F3NO5. The maximum absolute atomic E-state index is 12.5. The van der Waals surface area contributed by atoms with Crippen molar-refractivity contribution in [2.24, 2.45) is 0 Å². The van der Waals surface area contributed by atoms with Gasteiger partial charge in [0.15, 0.2) is 13.2 Å². The van der Waals surface area contributed by atoms with Gasteiger partial charge >= 0.3 is 12.1 Å². The van der Waals surface area contributed by atoms with Crippen molar-refractivity contribution >= 4 is 23.9 Å². The zero-order chi connectivity index (χ0) is 19.9. The van der Waals surface area contributed by atoms with Gasteiger partial charge in [0.25, 0.3) is 5.91 Å². The zero-order valence-corrected chi connectivity index (χ0v) is 13.8. The Morgan fingerprint density at radius 1 is 0.963 bits per heavy atom. The third kappa shape index (κ3) is 6.46. The summed E-state index contributed by atoms with van der Waals surface area (Å²) in [6, 6.07) is 9.83. The van der Waals surface area contributed by atoms with Crippen LogP contribution in [-0.2, 0) is 20.5 Å². The minimum absolute atomic E-state index is 0.135. The van der Waals surface area contributed by atoms with Gasteiger partial charge in [-0.3, -0.25) is 9.59 Å². The van der Waals surface area contributed by atoms with Crippen LogP contribution in [-0.4, -0.2) is 31.4 Å². The van der Waals surface area contributed by atoms with E-state index in [0.717, 1.165) is 24.3 Å². The van der Waals surface area contributed by atoms with Crippen molar-refractivity contribution in [1.29, 1.82) is 0 Å². The number of ether oxygens (including phenoxy) is 2. The molecule has 1 amide bonds. The maximum Gasteiger partial charge on any atom is 0.416 e. The molecule has 2 aromatic rings. The van der Waals surface area contributed by atoms with Gasteiger partial charge in [0.2, 0.25) is 0 Å². The lowest BCUT2D eigenvalue weighted by atomic mass is 10.2. The van der Waals surface area contributed by atoms with Crippen LogP contribution in [0, 0.1) is 0 Å². The number of esters is 1. The molecule has 27 heavy (non-hydrogen) atoms. The largest absolute Gasteiger partial charge is 0.482 e. The number of alkyl halides is 3. The quantitative estimate of drug-likeness (QED) is 0.589. The lowest BCUT2D eigenvalue weighted by molar-refractivity contribution is -0.149. The van der Waals surface area contributed by atoms with Gasteiger partial charge < -0.3 is 14.8 Å². The number of carbonyl (C=O) groups is 3.